The number of hydrogen-bond donors (Lipinski definition) is 1. The predicted octanol–water partition coefficient (Wildman–Crippen LogP) is 3.93. The van der Waals surface area contributed by atoms with Crippen LogP contribution in [-0.4, -0.2) is 33.2 Å². The van der Waals surface area contributed by atoms with E-state index < -0.39 is 0 Å². The maximum Gasteiger partial charge on any atom is 0.226 e. The Hall–Kier alpha value is -2.38. The molecule has 1 saturated heterocycles. The molecular formula is C17H18ClN5O2. The summed E-state index contributed by atoms with van der Waals surface area (Å²) in [6.45, 7) is 0.748. The largest absolute Gasteiger partial charge is 0.497 e. The Kier molecular flexibility index (Phi) is 4.42. The highest BCUT2D eigenvalue weighted by Gasteiger charge is 2.21. The van der Waals surface area contributed by atoms with Gasteiger partial charge in [-0.2, -0.15) is 9.97 Å². The average molecular weight is 360 g/mol. The van der Waals surface area contributed by atoms with Gasteiger partial charge in [-0.15, -0.1) is 0 Å². The number of benzene rings is 1. The standard InChI is InChI=1S/C17H18ClN5O2/c1-24-12-6-4-5-11(9-12)20-15-14-16(22-17(18)21-15)23(10-19-14)13-7-2-3-8-25-13/h4-6,9-10,13H,2-3,7-8H2,1H3,(H,20,21,22). The number of imidazole rings is 1. The first-order valence-corrected chi connectivity index (χ1v) is 8.55. The molecule has 3 heterocycles. The van der Waals surface area contributed by atoms with E-state index in [0.29, 0.717) is 17.0 Å². The Bertz CT molecular complexity index is 892. The molecule has 2 aromatic heterocycles. The molecule has 3 aromatic rings. The number of methoxy groups -OCH3 is 1. The highest BCUT2D eigenvalue weighted by molar-refractivity contribution is 6.28. The van der Waals surface area contributed by atoms with Crippen LogP contribution in [0.3, 0.4) is 0 Å². The van der Waals surface area contributed by atoms with Crippen LogP contribution in [0.5, 0.6) is 5.75 Å². The van der Waals surface area contributed by atoms with Crippen molar-refractivity contribution >= 4 is 34.3 Å². The van der Waals surface area contributed by atoms with Crippen LogP contribution in [0.15, 0.2) is 30.6 Å². The number of rotatable bonds is 4. The lowest BCUT2D eigenvalue weighted by atomic mass is 10.2. The molecule has 7 nitrogen and oxygen atoms in total. The third kappa shape index (κ3) is 3.25. The second kappa shape index (κ2) is 6.85. The molecule has 0 saturated carbocycles. The Morgan fingerprint density at radius 1 is 1.32 bits per heavy atom. The van der Waals surface area contributed by atoms with E-state index in [1.807, 2.05) is 28.8 Å². The van der Waals surface area contributed by atoms with Crippen molar-refractivity contribution in [2.45, 2.75) is 25.5 Å². The maximum absolute atomic E-state index is 6.15. The number of fused-ring (bicyclic) bond motifs is 1. The van der Waals surface area contributed by atoms with Crippen LogP contribution in [0.1, 0.15) is 25.5 Å². The van der Waals surface area contributed by atoms with Crippen molar-refractivity contribution in [2.75, 3.05) is 19.0 Å². The SMILES string of the molecule is COc1cccc(Nc2nc(Cl)nc3c2ncn3C2CCCCO2)c1. The fourth-order valence-corrected chi connectivity index (χ4v) is 3.13. The fourth-order valence-electron chi connectivity index (χ4n) is 2.97. The highest BCUT2D eigenvalue weighted by atomic mass is 35.5. The van der Waals surface area contributed by atoms with Gasteiger partial charge in [0.25, 0.3) is 0 Å². The molecule has 1 fully saturated rings. The maximum atomic E-state index is 6.15. The van der Waals surface area contributed by atoms with Gasteiger partial charge in [-0.05, 0) is 43.0 Å². The number of anilines is 2. The van der Waals surface area contributed by atoms with E-state index in [4.69, 9.17) is 21.1 Å². The zero-order valence-electron chi connectivity index (χ0n) is 13.8. The molecule has 8 heteroatoms. The van der Waals surface area contributed by atoms with Crippen molar-refractivity contribution in [3.8, 4) is 5.75 Å². The molecule has 0 aliphatic carbocycles. The lowest BCUT2D eigenvalue weighted by Crippen LogP contribution is -2.17. The van der Waals surface area contributed by atoms with Crippen LogP contribution < -0.4 is 10.1 Å². The van der Waals surface area contributed by atoms with Gasteiger partial charge in [0.2, 0.25) is 5.28 Å². The molecule has 25 heavy (non-hydrogen) atoms. The van der Waals surface area contributed by atoms with E-state index >= 15 is 0 Å². The lowest BCUT2D eigenvalue weighted by molar-refractivity contribution is -0.0298. The van der Waals surface area contributed by atoms with Crippen molar-refractivity contribution in [2.24, 2.45) is 0 Å². The molecular weight excluding hydrogens is 342 g/mol. The molecule has 1 atom stereocenters. The van der Waals surface area contributed by atoms with Crippen LogP contribution in [-0.2, 0) is 4.74 Å². The molecule has 1 N–H and O–H groups in total. The van der Waals surface area contributed by atoms with Crippen molar-refractivity contribution in [3.63, 3.8) is 0 Å². The van der Waals surface area contributed by atoms with Gasteiger partial charge in [0.1, 0.15) is 12.0 Å². The van der Waals surface area contributed by atoms with Gasteiger partial charge < -0.3 is 14.8 Å². The number of halogens is 1. The minimum absolute atomic E-state index is 0.0608. The highest BCUT2D eigenvalue weighted by Crippen LogP contribution is 2.30. The van der Waals surface area contributed by atoms with Gasteiger partial charge in [-0.25, -0.2) is 4.98 Å². The Morgan fingerprint density at radius 2 is 2.24 bits per heavy atom. The summed E-state index contributed by atoms with van der Waals surface area (Å²) in [4.78, 5) is 13.1. The minimum Gasteiger partial charge on any atom is -0.497 e. The van der Waals surface area contributed by atoms with Gasteiger partial charge in [0, 0.05) is 18.4 Å². The zero-order valence-corrected chi connectivity index (χ0v) is 14.5. The minimum atomic E-state index is -0.0608. The molecule has 4 rings (SSSR count). The zero-order chi connectivity index (χ0) is 17.2. The number of nitrogens with one attached hydrogen (secondary N) is 1. The smallest absolute Gasteiger partial charge is 0.226 e. The van der Waals surface area contributed by atoms with Crippen LogP contribution in [0.25, 0.3) is 11.2 Å². The second-order valence-electron chi connectivity index (χ2n) is 5.84. The molecule has 0 radical (unpaired) electrons. The summed E-state index contributed by atoms with van der Waals surface area (Å²) in [5.74, 6) is 1.31. The van der Waals surface area contributed by atoms with Crippen LogP contribution in [0.2, 0.25) is 5.28 Å². The van der Waals surface area contributed by atoms with Gasteiger partial charge in [-0.1, -0.05) is 6.07 Å². The Labute approximate surface area is 150 Å². The second-order valence-corrected chi connectivity index (χ2v) is 6.18. The number of ether oxygens (including phenoxy) is 2. The predicted molar refractivity (Wildman–Crippen MR) is 95.4 cm³/mol. The molecule has 1 aromatic carbocycles. The van der Waals surface area contributed by atoms with E-state index in [9.17, 15) is 0 Å². The summed E-state index contributed by atoms with van der Waals surface area (Å²) in [7, 11) is 1.63. The van der Waals surface area contributed by atoms with Crippen LogP contribution in [0, 0.1) is 0 Å². The van der Waals surface area contributed by atoms with Gasteiger partial charge >= 0.3 is 0 Å². The van der Waals surface area contributed by atoms with Gasteiger partial charge in [0.15, 0.2) is 17.0 Å². The summed E-state index contributed by atoms with van der Waals surface area (Å²) >= 11 is 6.15. The van der Waals surface area contributed by atoms with Crippen molar-refractivity contribution in [1.82, 2.24) is 19.5 Å². The van der Waals surface area contributed by atoms with Gasteiger partial charge in [0.05, 0.1) is 13.4 Å². The third-order valence-electron chi connectivity index (χ3n) is 4.19. The molecule has 1 aliphatic rings. The summed E-state index contributed by atoms with van der Waals surface area (Å²) in [5.41, 5.74) is 2.15. The quantitative estimate of drug-likeness (QED) is 0.711. The normalized spacial score (nSPS) is 17.6. The van der Waals surface area contributed by atoms with Gasteiger partial charge in [-0.3, -0.25) is 4.57 Å². The number of aromatic nitrogens is 4. The number of nitrogens with zero attached hydrogens (tertiary/aromatic N) is 4. The van der Waals surface area contributed by atoms with Crippen molar-refractivity contribution < 1.29 is 9.47 Å². The summed E-state index contributed by atoms with van der Waals surface area (Å²) in [6.07, 6.45) is 4.82. The molecule has 1 unspecified atom stereocenters. The Morgan fingerprint density at radius 3 is 3.04 bits per heavy atom. The molecule has 0 bridgehead atoms. The summed E-state index contributed by atoms with van der Waals surface area (Å²) < 4.78 is 13.0. The lowest BCUT2D eigenvalue weighted by Gasteiger charge is -2.23. The molecule has 130 valence electrons. The number of hydrogen-bond acceptors (Lipinski definition) is 6. The van der Waals surface area contributed by atoms with Crippen molar-refractivity contribution in [1.29, 1.82) is 0 Å². The topological polar surface area (TPSA) is 74.1 Å². The fraction of sp³-hybridized carbons (Fsp3) is 0.353. The van der Waals surface area contributed by atoms with E-state index in [1.54, 1.807) is 13.4 Å². The molecule has 1 aliphatic heterocycles. The first-order chi connectivity index (χ1) is 12.2. The van der Waals surface area contributed by atoms with E-state index in [1.165, 1.54) is 0 Å². The molecule has 0 spiro atoms. The molecule has 0 amide bonds. The van der Waals surface area contributed by atoms with Crippen molar-refractivity contribution in [3.05, 3.63) is 35.9 Å². The summed E-state index contributed by atoms with van der Waals surface area (Å²) in [6, 6.07) is 7.58. The Balaban J connectivity index is 1.72. The van der Waals surface area contributed by atoms with Crippen LogP contribution in [0.4, 0.5) is 11.5 Å². The van der Waals surface area contributed by atoms with E-state index in [-0.39, 0.29) is 11.5 Å². The summed E-state index contributed by atoms with van der Waals surface area (Å²) in [5, 5.41) is 3.41. The van der Waals surface area contributed by atoms with E-state index in [0.717, 1.165) is 37.3 Å². The first-order valence-electron chi connectivity index (χ1n) is 8.17. The monoisotopic (exact) mass is 359 g/mol. The average Bonchev–Trinajstić information content (AvgIpc) is 3.06. The third-order valence-corrected chi connectivity index (χ3v) is 4.36. The van der Waals surface area contributed by atoms with Crippen LogP contribution >= 0.6 is 11.6 Å². The first kappa shape index (κ1) is 16.1. The van der Waals surface area contributed by atoms with E-state index in [2.05, 4.69) is 20.3 Å².